The van der Waals surface area contributed by atoms with Gasteiger partial charge in [0, 0.05) is 12.5 Å². The van der Waals surface area contributed by atoms with E-state index in [0.717, 1.165) is 29.9 Å². The first-order valence-electron chi connectivity index (χ1n) is 6.71. The van der Waals surface area contributed by atoms with Gasteiger partial charge in [-0.05, 0) is 37.5 Å². The fourth-order valence-corrected chi connectivity index (χ4v) is 1.74. The Bertz CT molecular complexity index is 465. The van der Waals surface area contributed by atoms with Crippen LogP contribution in [0.25, 0.3) is 6.08 Å². The summed E-state index contributed by atoms with van der Waals surface area (Å²) in [5, 5.41) is 0. The van der Waals surface area contributed by atoms with Crippen LogP contribution in [-0.4, -0.2) is 20.0 Å². The second-order valence-corrected chi connectivity index (χ2v) is 4.53. The Kier molecular flexibility index (Phi) is 7.18. The molecule has 0 unspecified atom stereocenters. The number of carbonyl (C=O) groups excluding carboxylic acids is 1. The van der Waals surface area contributed by atoms with Gasteiger partial charge in [0.15, 0.2) is 0 Å². The third kappa shape index (κ3) is 6.23. The van der Waals surface area contributed by atoms with Gasteiger partial charge in [-0.3, -0.25) is 0 Å². The molecule has 0 aliphatic rings. The minimum absolute atomic E-state index is 0.248. The van der Waals surface area contributed by atoms with Crippen LogP contribution < -0.4 is 9.47 Å². The van der Waals surface area contributed by atoms with Crippen LogP contribution in [0, 0.1) is 0 Å². The van der Waals surface area contributed by atoms with E-state index in [1.807, 2.05) is 36.4 Å². The van der Waals surface area contributed by atoms with Gasteiger partial charge in [0.05, 0.1) is 14.2 Å². The van der Waals surface area contributed by atoms with Crippen molar-refractivity contribution in [2.75, 3.05) is 14.2 Å². The van der Waals surface area contributed by atoms with Gasteiger partial charge in [0.2, 0.25) is 0 Å². The first kappa shape index (κ1) is 16.0. The number of methoxy groups -OCH3 is 2. The van der Waals surface area contributed by atoms with Crippen molar-refractivity contribution in [1.29, 1.82) is 0 Å². The smallest absolute Gasteiger partial charge is 0.129 e. The molecule has 0 aliphatic heterocycles. The summed E-state index contributed by atoms with van der Waals surface area (Å²) in [5.74, 6) is 1.79. The van der Waals surface area contributed by atoms with Crippen molar-refractivity contribution in [3.05, 3.63) is 42.0 Å². The molecule has 0 heterocycles. The number of carbonyl (C=O) groups is 1. The Morgan fingerprint density at radius 2 is 1.75 bits per heavy atom. The van der Waals surface area contributed by atoms with Crippen molar-refractivity contribution in [1.82, 2.24) is 0 Å². The largest absolute Gasteiger partial charge is 0.497 e. The molecule has 1 rings (SSSR count). The number of benzene rings is 1. The van der Waals surface area contributed by atoms with E-state index in [4.69, 9.17) is 9.47 Å². The molecule has 20 heavy (non-hydrogen) atoms. The minimum Gasteiger partial charge on any atom is -0.497 e. The van der Waals surface area contributed by atoms with Crippen LogP contribution >= 0.6 is 0 Å². The Hall–Kier alpha value is -2.03. The van der Waals surface area contributed by atoms with Gasteiger partial charge in [-0.1, -0.05) is 24.3 Å². The van der Waals surface area contributed by atoms with Crippen molar-refractivity contribution in [3.8, 4) is 11.5 Å². The number of Topliss-reactive ketones (excluding diaryl/α,β-unsaturated/α-hetero) is 1. The summed E-state index contributed by atoms with van der Waals surface area (Å²) in [4.78, 5) is 10.8. The summed E-state index contributed by atoms with van der Waals surface area (Å²) in [6.45, 7) is 1.62. The fraction of sp³-hybridized carbons (Fsp3) is 0.353. The number of allylic oxidation sites excluding steroid dienone is 3. The Morgan fingerprint density at radius 3 is 2.30 bits per heavy atom. The molecule has 0 fully saturated rings. The average Bonchev–Trinajstić information content (AvgIpc) is 2.45. The second-order valence-electron chi connectivity index (χ2n) is 4.53. The van der Waals surface area contributed by atoms with Crippen molar-refractivity contribution in [3.63, 3.8) is 0 Å². The molecule has 0 aliphatic carbocycles. The van der Waals surface area contributed by atoms with Crippen molar-refractivity contribution < 1.29 is 14.3 Å². The van der Waals surface area contributed by atoms with Crippen LogP contribution in [0.15, 0.2) is 36.4 Å². The van der Waals surface area contributed by atoms with Crippen LogP contribution in [0.1, 0.15) is 31.7 Å². The number of hydrogen-bond acceptors (Lipinski definition) is 3. The van der Waals surface area contributed by atoms with E-state index in [0.29, 0.717) is 6.42 Å². The van der Waals surface area contributed by atoms with E-state index in [1.165, 1.54) is 0 Å². The van der Waals surface area contributed by atoms with E-state index in [9.17, 15) is 4.79 Å². The molecule has 0 spiro atoms. The van der Waals surface area contributed by atoms with E-state index in [1.54, 1.807) is 21.1 Å². The fourth-order valence-electron chi connectivity index (χ4n) is 1.74. The quantitative estimate of drug-likeness (QED) is 0.530. The van der Waals surface area contributed by atoms with Gasteiger partial charge in [-0.25, -0.2) is 0 Å². The number of rotatable bonds is 8. The molecule has 108 valence electrons. The lowest BCUT2D eigenvalue weighted by Crippen LogP contribution is -1.88. The van der Waals surface area contributed by atoms with Crippen LogP contribution in [0.5, 0.6) is 11.5 Å². The third-order valence-corrected chi connectivity index (χ3v) is 2.81. The summed E-state index contributed by atoms with van der Waals surface area (Å²) >= 11 is 0. The molecular formula is C17H22O3. The highest BCUT2D eigenvalue weighted by molar-refractivity contribution is 5.75. The molecule has 0 atom stereocenters. The highest BCUT2D eigenvalue weighted by Crippen LogP contribution is 2.23. The minimum atomic E-state index is 0.248. The Balaban J connectivity index is 2.52. The van der Waals surface area contributed by atoms with E-state index < -0.39 is 0 Å². The normalized spacial score (nSPS) is 11.2. The molecule has 0 radical (unpaired) electrons. The SMILES string of the molecule is COc1cc(/C=C/C=C/CCCC(C)=O)cc(OC)c1. The maximum absolute atomic E-state index is 10.8. The van der Waals surface area contributed by atoms with E-state index in [-0.39, 0.29) is 5.78 Å². The highest BCUT2D eigenvalue weighted by Gasteiger charge is 1.98. The number of hydrogen-bond donors (Lipinski definition) is 0. The number of ketones is 1. The van der Waals surface area contributed by atoms with Crippen LogP contribution in [-0.2, 0) is 4.79 Å². The third-order valence-electron chi connectivity index (χ3n) is 2.81. The zero-order chi connectivity index (χ0) is 14.8. The number of ether oxygens (including phenoxy) is 2. The summed E-state index contributed by atoms with van der Waals surface area (Å²) < 4.78 is 10.4. The predicted molar refractivity (Wildman–Crippen MR) is 82.3 cm³/mol. The molecule has 0 saturated carbocycles. The molecule has 0 aromatic heterocycles. The molecule has 0 N–H and O–H groups in total. The van der Waals surface area contributed by atoms with Crippen LogP contribution in [0.4, 0.5) is 0 Å². The first-order valence-corrected chi connectivity index (χ1v) is 6.71. The van der Waals surface area contributed by atoms with Crippen molar-refractivity contribution in [2.45, 2.75) is 26.2 Å². The molecule has 1 aromatic rings. The zero-order valence-electron chi connectivity index (χ0n) is 12.4. The summed E-state index contributed by atoms with van der Waals surface area (Å²) in [6.07, 6.45) is 10.5. The predicted octanol–water partition coefficient (Wildman–Crippen LogP) is 4.03. The monoisotopic (exact) mass is 274 g/mol. The Morgan fingerprint density at radius 1 is 1.10 bits per heavy atom. The zero-order valence-corrected chi connectivity index (χ0v) is 12.4. The lowest BCUT2D eigenvalue weighted by Gasteiger charge is -2.05. The van der Waals surface area contributed by atoms with Crippen molar-refractivity contribution >= 4 is 11.9 Å². The van der Waals surface area contributed by atoms with Gasteiger partial charge in [0.1, 0.15) is 17.3 Å². The molecule has 0 bridgehead atoms. The van der Waals surface area contributed by atoms with Gasteiger partial charge in [-0.15, -0.1) is 0 Å². The summed E-state index contributed by atoms with van der Waals surface area (Å²) in [6, 6.07) is 5.74. The maximum Gasteiger partial charge on any atom is 0.129 e. The van der Waals surface area contributed by atoms with Gasteiger partial charge < -0.3 is 14.3 Å². The van der Waals surface area contributed by atoms with E-state index >= 15 is 0 Å². The molecule has 1 aromatic carbocycles. The average molecular weight is 274 g/mol. The molecule has 0 saturated heterocycles. The molecular weight excluding hydrogens is 252 g/mol. The van der Waals surface area contributed by atoms with Gasteiger partial charge in [-0.2, -0.15) is 0 Å². The van der Waals surface area contributed by atoms with Crippen molar-refractivity contribution in [2.24, 2.45) is 0 Å². The van der Waals surface area contributed by atoms with Gasteiger partial charge in [0.25, 0.3) is 0 Å². The lowest BCUT2D eigenvalue weighted by atomic mass is 10.1. The Labute approximate surface area is 120 Å². The van der Waals surface area contributed by atoms with Crippen LogP contribution in [0.3, 0.4) is 0 Å². The molecule has 0 amide bonds. The standard InChI is InChI=1S/C17H22O3/c1-14(18)9-7-5-4-6-8-10-15-11-16(19-2)13-17(12-15)20-3/h4,6,8,10-13H,5,7,9H2,1-3H3/b6-4+,10-8+. The molecule has 3 heteroatoms. The van der Waals surface area contributed by atoms with Gasteiger partial charge >= 0.3 is 0 Å². The highest BCUT2D eigenvalue weighted by atomic mass is 16.5. The first-order chi connectivity index (χ1) is 9.65. The maximum atomic E-state index is 10.8. The number of unbranched alkanes of at least 4 members (excludes halogenated alkanes) is 1. The summed E-state index contributed by atoms with van der Waals surface area (Å²) in [7, 11) is 3.27. The molecule has 3 nitrogen and oxygen atoms in total. The summed E-state index contributed by atoms with van der Waals surface area (Å²) in [5.41, 5.74) is 1.02. The second kappa shape index (κ2) is 8.97. The van der Waals surface area contributed by atoms with Crippen LogP contribution in [0.2, 0.25) is 0 Å². The lowest BCUT2D eigenvalue weighted by molar-refractivity contribution is -0.117. The van der Waals surface area contributed by atoms with E-state index in [2.05, 4.69) is 6.08 Å². The topological polar surface area (TPSA) is 35.5 Å².